The van der Waals surface area contributed by atoms with Gasteiger partial charge in [-0.3, -0.25) is 9.10 Å². The van der Waals surface area contributed by atoms with Crippen molar-refractivity contribution in [2.24, 2.45) is 5.92 Å². The van der Waals surface area contributed by atoms with Gasteiger partial charge in [0.1, 0.15) is 11.8 Å². The molecular weight excluding hydrogens is 340 g/mol. The van der Waals surface area contributed by atoms with Gasteiger partial charge in [0.2, 0.25) is 15.9 Å². The molecule has 0 spiro atoms. The van der Waals surface area contributed by atoms with Gasteiger partial charge < -0.3 is 9.64 Å². The van der Waals surface area contributed by atoms with Crippen LogP contribution in [0.3, 0.4) is 0 Å². The Morgan fingerprint density at radius 1 is 1.28 bits per heavy atom. The lowest BCUT2D eigenvalue weighted by Gasteiger charge is -2.36. The van der Waals surface area contributed by atoms with Gasteiger partial charge in [0, 0.05) is 13.1 Å². The monoisotopic (exact) mass is 368 g/mol. The molecule has 6 nitrogen and oxygen atoms in total. The van der Waals surface area contributed by atoms with Crippen LogP contribution in [0, 0.1) is 5.92 Å². The van der Waals surface area contributed by atoms with E-state index in [-0.39, 0.29) is 5.91 Å². The van der Waals surface area contributed by atoms with E-state index < -0.39 is 16.1 Å². The Hall–Kier alpha value is -1.76. The maximum Gasteiger partial charge on any atom is 0.246 e. The van der Waals surface area contributed by atoms with E-state index in [0.29, 0.717) is 37.1 Å². The van der Waals surface area contributed by atoms with Crippen molar-refractivity contribution in [3.05, 3.63) is 24.3 Å². The Morgan fingerprint density at radius 3 is 2.32 bits per heavy atom. The lowest BCUT2D eigenvalue weighted by molar-refractivity contribution is -0.133. The fraction of sp³-hybridized carbons (Fsp3) is 0.611. The summed E-state index contributed by atoms with van der Waals surface area (Å²) in [7, 11) is -3.59. The Labute approximate surface area is 150 Å². The van der Waals surface area contributed by atoms with E-state index in [1.54, 1.807) is 36.1 Å². The van der Waals surface area contributed by atoms with E-state index >= 15 is 0 Å². The first kappa shape index (κ1) is 19.6. The van der Waals surface area contributed by atoms with E-state index in [4.69, 9.17) is 4.74 Å². The topological polar surface area (TPSA) is 66.9 Å². The third-order valence-electron chi connectivity index (χ3n) is 4.56. The summed E-state index contributed by atoms with van der Waals surface area (Å²) in [4.78, 5) is 14.6. The zero-order chi connectivity index (χ0) is 18.6. The number of anilines is 1. The van der Waals surface area contributed by atoms with Gasteiger partial charge in [-0.1, -0.05) is 6.92 Å². The van der Waals surface area contributed by atoms with Gasteiger partial charge >= 0.3 is 0 Å². The number of carbonyl (C=O) groups excluding carboxylic acids is 1. The summed E-state index contributed by atoms with van der Waals surface area (Å²) in [5.41, 5.74) is 0.470. The van der Waals surface area contributed by atoms with Crippen molar-refractivity contribution >= 4 is 21.6 Å². The number of amides is 1. The summed E-state index contributed by atoms with van der Waals surface area (Å²) in [6, 6.07) is 6.01. The first-order valence-corrected chi connectivity index (χ1v) is 10.6. The summed E-state index contributed by atoms with van der Waals surface area (Å²) in [5, 5.41) is 0. The van der Waals surface area contributed by atoms with Gasteiger partial charge in [0.25, 0.3) is 0 Å². The Morgan fingerprint density at radius 2 is 1.84 bits per heavy atom. The highest BCUT2D eigenvalue weighted by molar-refractivity contribution is 7.92. The summed E-state index contributed by atoms with van der Waals surface area (Å²) < 4.78 is 31.3. The van der Waals surface area contributed by atoms with E-state index in [0.717, 1.165) is 19.1 Å². The molecule has 1 amide bonds. The lowest BCUT2D eigenvalue weighted by atomic mass is 9.99. The van der Waals surface area contributed by atoms with Crippen molar-refractivity contribution in [1.29, 1.82) is 0 Å². The molecule has 1 aliphatic rings. The van der Waals surface area contributed by atoms with Crippen LogP contribution in [-0.2, 0) is 14.8 Å². The average molecular weight is 368 g/mol. The molecule has 1 aromatic carbocycles. The number of sulfonamides is 1. The van der Waals surface area contributed by atoms with Gasteiger partial charge in [-0.25, -0.2) is 8.42 Å². The molecule has 0 radical (unpaired) electrons. The fourth-order valence-electron chi connectivity index (χ4n) is 3.15. The van der Waals surface area contributed by atoms with E-state index in [9.17, 15) is 13.2 Å². The maximum atomic E-state index is 12.8. The van der Waals surface area contributed by atoms with Gasteiger partial charge in [-0.15, -0.1) is 0 Å². The van der Waals surface area contributed by atoms with Crippen molar-refractivity contribution in [3.8, 4) is 5.75 Å². The number of likely N-dealkylation sites (tertiary alicyclic amines) is 1. The number of hydrogen-bond donors (Lipinski definition) is 0. The zero-order valence-corrected chi connectivity index (χ0v) is 16.3. The largest absolute Gasteiger partial charge is 0.494 e. The molecule has 140 valence electrons. The first-order chi connectivity index (χ1) is 11.7. The SMILES string of the molecule is CCOc1ccc(N([C@@H](C)C(=O)N2CCC(C)CC2)S(C)(=O)=O)cc1. The summed E-state index contributed by atoms with van der Waals surface area (Å²) >= 11 is 0. The van der Waals surface area contributed by atoms with Crippen LogP contribution in [0.2, 0.25) is 0 Å². The van der Waals surface area contributed by atoms with E-state index in [2.05, 4.69) is 6.92 Å². The molecule has 0 N–H and O–H groups in total. The van der Waals surface area contributed by atoms with Crippen LogP contribution in [-0.4, -0.2) is 51.2 Å². The van der Waals surface area contributed by atoms with E-state index in [1.165, 1.54) is 4.31 Å². The van der Waals surface area contributed by atoms with Gasteiger partial charge in [-0.05, 0) is 56.9 Å². The molecule has 1 heterocycles. The van der Waals surface area contributed by atoms with Crippen LogP contribution in [0.1, 0.15) is 33.6 Å². The number of benzene rings is 1. The average Bonchev–Trinajstić information content (AvgIpc) is 2.55. The molecule has 2 rings (SSSR count). The van der Waals surface area contributed by atoms with E-state index in [1.807, 2.05) is 6.92 Å². The molecular formula is C18H28N2O4S. The van der Waals surface area contributed by atoms with Crippen LogP contribution in [0.5, 0.6) is 5.75 Å². The van der Waals surface area contributed by atoms with Crippen molar-refractivity contribution in [1.82, 2.24) is 4.90 Å². The third kappa shape index (κ3) is 4.87. The van der Waals surface area contributed by atoms with Gasteiger partial charge in [-0.2, -0.15) is 0 Å². The van der Waals surface area contributed by atoms with Crippen molar-refractivity contribution in [2.75, 3.05) is 30.3 Å². The third-order valence-corrected chi connectivity index (χ3v) is 5.81. The van der Waals surface area contributed by atoms with Crippen LogP contribution in [0.4, 0.5) is 5.69 Å². The Kier molecular flexibility index (Phi) is 6.32. The number of ether oxygens (including phenoxy) is 1. The minimum absolute atomic E-state index is 0.147. The molecule has 1 aliphatic heterocycles. The predicted molar refractivity (Wildman–Crippen MR) is 99.4 cm³/mol. The van der Waals surface area contributed by atoms with Crippen LogP contribution >= 0.6 is 0 Å². The van der Waals surface area contributed by atoms with Gasteiger partial charge in [0.05, 0.1) is 18.6 Å². The number of piperidine rings is 1. The minimum Gasteiger partial charge on any atom is -0.494 e. The molecule has 1 fully saturated rings. The smallest absolute Gasteiger partial charge is 0.246 e. The number of hydrogen-bond acceptors (Lipinski definition) is 4. The zero-order valence-electron chi connectivity index (χ0n) is 15.4. The standard InChI is InChI=1S/C18H28N2O4S/c1-5-24-17-8-6-16(7-9-17)20(25(4,22)23)15(3)18(21)19-12-10-14(2)11-13-19/h6-9,14-15H,5,10-13H2,1-4H3/t15-/m0/s1. The lowest BCUT2D eigenvalue weighted by Crippen LogP contribution is -2.51. The molecule has 1 saturated heterocycles. The second kappa shape index (κ2) is 8.08. The molecule has 1 atom stereocenters. The highest BCUT2D eigenvalue weighted by Crippen LogP contribution is 2.25. The molecule has 0 aromatic heterocycles. The molecule has 25 heavy (non-hydrogen) atoms. The second-order valence-corrected chi connectivity index (χ2v) is 8.53. The minimum atomic E-state index is -3.59. The van der Waals surface area contributed by atoms with Crippen LogP contribution in [0.15, 0.2) is 24.3 Å². The molecule has 0 bridgehead atoms. The number of rotatable bonds is 6. The summed E-state index contributed by atoms with van der Waals surface area (Å²) in [6.07, 6.45) is 3.05. The number of carbonyl (C=O) groups is 1. The Bertz CT molecular complexity index is 680. The normalized spacial score (nSPS) is 17.2. The first-order valence-electron chi connectivity index (χ1n) is 8.75. The molecule has 0 unspecified atom stereocenters. The van der Waals surface area contributed by atoms with Crippen molar-refractivity contribution < 1.29 is 17.9 Å². The molecule has 0 saturated carbocycles. The fourth-order valence-corrected chi connectivity index (χ4v) is 4.32. The predicted octanol–water partition coefficient (Wildman–Crippen LogP) is 2.50. The highest BCUT2D eigenvalue weighted by atomic mass is 32.2. The molecule has 7 heteroatoms. The summed E-state index contributed by atoms with van der Waals surface area (Å²) in [6.45, 7) is 7.62. The quantitative estimate of drug-likeness (QED) is 0.774. The highest BCUT2D eigenvalue weighted by Gasteiger charge is 2.33. The van der Waals surface area contributed by atoms with Crippen LogP contribution < -0.4 is 9.04 Å². The van der Waals surface area contributed by atoms with Crippen LogP contribution in [0.25, 0.3) is 0 Å². The van der Waals surface area contributed by atoms with Gasteiger partial charge in [0.15, 0.2) is 0 Å². The number of nitrogens with zero attached hydrogens (tertiary/aromatic N) is 2. The van der Waals surface area contributed by atoms with Crippen molar-refractivity contribution in [2.45, 2.75) is 39.7 Å². The molecule has 1 aromatic rings. The molecule has 0 aliphatic carbocycles. The Balaban J connectivity index is 2.23. The van der Waals surface area contributed by atoms with Crippen molar-refractivity contribution in [3.63, 3.8) is 0 Å². The second-order valence-electron chi connectivity index (χ2n) is 6.67. The maximum absolute atomic E-state index is 12.8. The summed E-state index contributed by atoms with van der Waals surface area (Å²) in [5.74, 6) is 1.13.